The fraction of sp³-hybridized carbons (Fsp3) is 0.333. The van der Waals surface area contributed by atoms with E-state index in [9.17, 15) is 4.79 Å². The van der Waals surface area contributed by atoms with E-state index >= 15 is 0 Å². The van der Waals surface area contributed by atoms with E-state index in [4.69, 9.17) is 14.2 Å². The third kappa shape index (κ3) is 3.06. The number of aromatic nitrogens is 1. The predicted molar refractivity (Wildman–Crippen MR) is 90.3 cm³/mol. The van der Waals surface area contributed by atoms with Crippen molar-refractivity contribution >= 4 is 38.4 Å². The Hall–Kier alpha value is -1.64. The van der Waals surface area contributed by atoms with Gasteiger partial charge in [0.25, 0.3) is 0 Å². The maximum atomic E-state index is 11.7. The number of ether oxygens (including phenoxy) is 3. The van der Waals surface area contributed by atoms with Gasteiger partial charge in [0.15, 0.2) is 10.8 Å². The molecule has 0 bridgehead atoms. The van der Waals surface area contributed by atoms with E-state index in [-0.39, 0.29) is 11.2 Å². The summed E-state index contributed by atoms with van der Waals surface area (Å²) in [5, 5.41) is 4.03. The molecule has 1 saturated heterocycles. The number of carbonyl (C=O) groups is 1. The van der Waals surface area contributed by atoms with Crippen molar-refractivity contribution in [1.29, 1.82) is 0 Å². The SMILES string of the molecule is COC(=O)c1nc(NC2(c3ccc(OC)cc3)COC2)sc1Br. The molecule has 1 fully saturated rings. The molecule has 0 saturated carbocycles. The Morgan fingerprint density at radius 1 is 1.35 bits per heavy atom. The number of thiazole rings is 1. The topological polar surface area (TPSA) is 69.7 Å². The van der Waals surface area contributed by atoms with Crippen LogP contribution in [-0.2, 0) is 15.0 Å². The zero-order valence-electron chi connectivity index (χ0n) is 12.6. The van der Waals surface area contributed by atoms with E-state index in [1.807, 2.05) is 24.3 Å². The average Bonchev–Trinajstić information content (AvgIpc) is 2.91. The van der Waals surface area contributed by atoms with Crippen molar-refractivity contribution < 1.29 is 19.0 Å². The van der Waals surface area contributed by atoms with E-state index < -0.39 is 5.97 Å². The van der Waals surface area contributed by atoms with Crippen LogP contribution in [0.2, 0.25) is 0 Å². The summed E-state index contributed by atoms with van der Waals surface area (Å²) >= 11 is 4.70. The van der Waals surface area contributed by atoms with Crippen molar-refractivity contribution in [2.45, 2.75) is 5.54 Å². The van der Waals surface area contributed by atoms with Crippen LogP contribution in [0, 0.1) is 0 Å². The van der Waals surface area contributed by atoms with Gasteiger partial charge in [0.2, 0.25) is 0 Å². The first-order valence-corrected chi connectivity index (χ1v) is 8.44. The second kappa shape index (κ2) is 6.46. The highest BCUT2D eigenvalue weighted by molar-refractivity contribution is 9.11. The minimum absolute atomic E-state index is 0.269. The number of nitrogens with zero attached hydrogens (tertiary/aromatic N) is 1. The summed E-state index contributed by atoms with van der Waals surface area (Å²) in [6, 6.07) is 7.82. The Balaban J connectivity index is 1.85. The van der Waals surface area contributed by atoms with E-state index in [0.717, 1.165) is 11.3 Å². The molecule has 23 heavy (non-hydrogen) atoms. The van der Waals surface area contributed by atoms with Crippen molar-refractivity contribution in [2.24, 2.45) is 0 Å². The van der Waals surface area contributed by atoms with Crippen molar-refractivity contribution in [1.82, 2.24) is 4.98 Å². The van der Waals surface area contributed by atoms with Crippen LogP contribution in [0.25, 0.3) is 0 Å². The zero-order chi connectivity index (χ0) is 16.4. The number of methoxy groups -OCH3 is 2. The summed E-state index contributed by atoms with van der Waals surface area (Å²) < 4.78 is 16.0. The maximum Gasteiger partial charge on any atom is 0.358 e. The second-order valence-corrected chi connectivity index (χ2v) is 7.38. The molecular weight excluding hydrogens is 384 g/mol. The van der Waals surface area contributed by atoms with Gasteiger partial charge < -0.3 is 19.5 Å². The molecule has 1 aromatic heterocycles. The van der Waals surface area contributed by atoms with Gasteiger partial charge in [0.1, 0.15) is 15.1 Å². The molecule has 3 rings (SSSR count). The lowest BCUT2D eigenvalue weighted by Crippen LogP contribution is -2.52. The van der Waals surface area contributed by atoms with Gasteiger partial charge >= 0.3 is 5.97 Å². The molecule has 0 spiro atoms. The van der Waals surface area contributed by atoms with Gasteiger partial charge in [-0.3, -0.25) is 0 Å². The summed E-state index contributed by atoms with van der Waals surface area (Å²) in [5.74, 6) is 0.332. The molecule has 0 radical (unpaired) electrons. The highest BCUT2D eigenvalue weighted by atomic mass is 79.9. The van der Waals surface area contributed by atoms with Gasteiger partial charge in [0.05, 0.1) is 27.4 Å². The molecule has 0 unspecified atom stereocenters. The monoisotopic (exact) mass is 398 g/mol. The number of esters is 1. The molecule has 0 amide bonds. The summed E-state index contributed by atoms with van der Waals surface area (Å²) in [6.07, 6.45) is 0. The molecule has 2 heterocycles. The fourth-order valence-electron chi connectivity index (χ4n) is 2.31. The molecule has 122 valence electrons. The van der Waals surface area contributed by atoms with Crippen LogP contribution in [0.3, 0.4) is 0 Å². The number of hydrogen-bond donors (Lipinski definition) is 1. The number of halogens is 1. The molecule has 6 nitrogen and oxygen atoms in total. The van der Waals surface area contributed by atoms with Crippen molar-refractivity contribution in [3.8, 4) is 5.75 Å². The molecule has 8 heteroatoms. The highest BCUT2D eigenvalue weighted by Crippen LogP contribution is 2.37. The number of nitrogens with one attached hydrogen (secondary N) is 1. The molecule has 1 N–H and O–H groups in total. The first-order valence-electron chi connectivity index (χ1n) is 6.83. The molecule has 1 aliphatic rings. The van der Waals surface area contributed by atoms with E-state index in [1.54, 1.807) is 7.11 Å². The number of rotatable bonds is 5. The van der Waals surface area contributed by atoms with Gasteiger partial charge in [0, 0.05) is 0 Å². The third-order valence-electron chi connectivity index (χ3n) is 3.65. The molecule has 0 atom stereocenters. The molecular formula is C15H15BrN2O4S. The van der Waals surface area contributed by atoms with Crippen LogP contribution in [-0.4, -0.2) is 38.4 Å². The number of anilines is 1. The molecule has 0 aliphatic carbocycles. The van der Waals surface area contributed by atoms with Crippen LogP contribution in [0.15, 0.2) is 28.1 Å². The van der Waals surface area contributed by atoms with Gasteiger partial charge in [-0.2, -0.15) is 0 Å². The zero-order valence-corrected chi connectivity index (χ0v) is 15.0. The lowest BCUT2D eigenvalue weighted by atomic mass is 9.88. The summed E-state index contributed by atoms with van der Waals surface area (Å²) in [5.41, 5.74) is 0.998. The quantitative estimate of drug-likeness (QED) is 0.780. The predicted octanol–water partition coefficient (Wildman–Crippen LogP) is 3.04. The van der Waals surface area contributed by atoms with E-state index in [1.165, 1.54) is 18.4 Å². The van der Waals surface area contributed by atoms with Crippen molar-refractivity contribution in [3.05, 3.63) is 39.3 Å². The first kappa shape index (κ1) is 16.2. The summed E-state index contributed by atoms with van der Waals surface area (Å²) in [6.45, 7) is 1.06. The summed E-state index contributed by atoms with van der Waals surface area (Å²) in [4.78, 5) is 16.0. The summed E-state index contributed by atoms with van der Waals surface area (Å²) in [7, 11) is 2.97. The largest absolute Gasteiger partial charge is 0.497 e. The van der Waals surface area contributed by atoms with Crippen LogP contribution < -0.4 is 10.1 Å². The van der Waals surface area contributed by atoms with Crippen molar-refractivity contribution in [3.63, 3.8) is 0 Å². The average molecular weight is 399 g/mol. The first-order chi connectivity index (χ1) is 11.1. The Bertz CT molecular complexity index is 713. The maximum absolute atomic E-state index is 11.7. The number of carbonyl (C=O) groups excluding carboxylic acids is 1. The van der Waals surface area contributed by atoms with Crippen LogP contribution in [0.1, 0.15) is 16.1 Å². The third-order valence-corrected chi connectivity index (χ3v) is 5.27. The number of benzene rings is 1. The van der Waals surface area contributed by atoms with Gasteiger partial charge in [-0.05, 0) is 33.6 Å². The Kier molecular flexibility index (Phi) is 4.56. The fourth-order valence-corrected chi connectivity index (χ4v) is 3.80. The lowest BCUT2D eigenvalue weighted by molar-refractivity contribution is -0.0447. The van der Waals surface area contributed by atoms with Crippen molar-refractivity contribution in [2.75, 3.05) is 32.8 Å². The van der Waals surface area contributed by atoms with Gasteiger partial charge in [-0.25, -0.2) is 9.78 Å². The second-order valence-electron chi connectivity index (χ2n) is 5.06. The van der Waals surface area contributed by atoms with Crippen LogP contribution in [0.5, 0.6) is 5.75 Å². The molecule has 1 aliphatic heterocycles. The van der Waals surface area contributed by atoms with E-state index in [2.05, 4.69) is 26.2 Å². The minimum atomic E-state index is -0.468. The Labute approximate surface area is 145 Å². The van der Waals surface area contributed by atoms with Crippen LogP contribution in [0.4, 0.5) is 5.13 Å². The standard InChI is InChI=1S/C15H15BrN2O4S/c1-20-10-5-3-9(4-6-10)15(7-22-8-15)18-14-17-11(12(16)23-14)13(19)21-2/h3-6H,7-8H2,1-2H3,(H,17,18). The smallest absolute Gasteiger partial charge is 0.358 e. The van der Waals surface area contributed by atoms with Crippen LogP contribution >= 0.6 is 27.3 Å². The lowest BCUT2D eigenvalue weighted by Gasteiger charge is -2.42. The normalized spacial score (nSPS) is 15.6. The molecule has 2 aromatic rings. The molecule has 1 aromatic carbocycles. The minimum Gasteiger partial charge on any atom is -0.497 e. The Morgan fingerprint density at radius 3 is 2.57 bits per heavy atom. The van der Waals surface area contributed by atoms with Gasteiger partial charge in [-0.15, -0.1) is 0 Å². The van der Waals surface area contributed by atoms with E-state index in [0.29, 0.717) is 22.1 Å². The number of hydrogen-bond acceptors (Lipinski definition) is 7. The highest BCUT2D eigenvalue weighted by Gasteiger charge is 2.41. The van der Waals surface area contributed by atoms with Gasteiger partial charge in [-0.1, -0.05) is 23.5 Å². The Morgan fingerprint density at radius 2 is 2.04 bits per heavy atom.